The van der Waals surface area contributed by atoms with E-state index < -0.39 is 0 Å². The van der Waals surface area contributed by atoms with E-state index in [9.17, 15) is 4.79 Å². The molecule has 0 saturated heterocycles. The zero-order valence-corrected chi connectivity index (χ0v) is 18.8. The van der Waals surface area contributed by atoms with Crippen molar-refractivity contribution in [2.75, 3.05) is 5.32 Å². The molecule has 4 rings (SSSR count). The van der Waals surface area contributed by atoms with Crippen LogP contribution in [0.2, 0.25) is 5.02 Å². The van der Waals surface area contributed by atoms with Crippen molar-refractivity contribution in [3.05, 3.63) is 111 Å². The molecule has 0 atom stereocenters. The molecule has 1 aromatic heterocycles. The van der Waals surface area contributed by atoms with Gasteiger partial charge in [0.2, 0.25) is 0 Å². The summed E-state index contributed by atoms with van der Waals surface area (Å²) in [5.74, 6) is 0.587. The zero-order chi connectivity index (χ0) is 21.6. The highest BCUT2D eigenvalue weighted by Gasteiger charge is 2.09. The molecular weight excluding hydrogens is 478 g/mol. The van der Waals surface area contributed by atoms with E-state index in [4.69, 9.17) is 16.3 Å². The molecule has 0 aliphatic rings. The smallest absolute Gasteiger partial charge is 0.255 e. The Labute approximate surface area is 193 Å². The molecule has 0 unspecified atom stereocenters. The van der Waals surface area contributed by atoms with Gasteiger partial charge in [0.15, 0.2) is 0 Å². The first kappa shape index (κ1) is 21.2. The molecule has 1 amide bonds. The van der Waals surface area contributed by atoms with Gasteiger partial charge in [-0.3, -0.25) is 9.48 Å². The molecule has 1 heterocycles. The van der Waals surface area contributed by atoms with E-state index in [0.717, 1.165) is 21.3 Å². The molecule has 5 nitrogen and oxygen atoms in total. The van der Waals surface area contributed by atoms with Crippen molar-refractivity contribution in [1.82, 2.24) is 9.78 Å². The van der Waals surface area contributed by atoms with Crippen molar-refractivity contribution in [2.45, 2.75) is 13.2 Å². The predicted octanol–water partition coefficient (Wildman–Crippen LogP) is 6.18. The number of anilines is 1. The number of nitrogens with one attached hydrogen (secondary N) is 1. The minimum Gasteiger partial charge on any atom is -0.488 e. The van der Waals surface area contributed by atoms with E-state index in [2.05, 4.69) is 26.3 Å². The Hall–Kier alpha value is -3.09. The Morgan fingerprint density at radius 2 is 1.71 bits per heavy atom. The van der Waals surface area contributed by atoms with Crippen LogP contribution in [0.1, 0.15) is 21.5 Å². The predicted molar refractivity (Wildman–Crippen MR) is 126 cm³/mol. The fourth-order valence-corrected chi connectivity index (χ4v) is 3.50. The number of rotatable bonds is 7. The summed E-state index contributed by atoms with van der Waals surface area (Å²) in [6.45, 7) is 1.02. The lowest BCUT2D eigenvalue weighted by Gasteiger charge is -2.09. The quantitative estimate of drug-likeness (QED) is 0.332. The normalized spacial score (nSPS) is 10.6. The topological polar surface area (TPSA) is 56.2 Å². The molecule has 0 aliphatic heterocycles. The summed E-state index contributed by atoms with van der Waals surface area (Å²) < 4.78 is 8.48. The Kier molecular flexibility index (Phi) is 6.70. The molecule has 0 radical (unpaired) electrons. The summed E-state index contributed by atoms with van der Waals surface area (Å²) in [5.41, 5.74) is 3.25. The Balaban J connectivity index is 1.33. The van der Waals surface area contributed by atoms with E-state index >= 15 is 0 Å². The maximum Gasteiger partial charge on any atom is 0.255 e. The van der Waals surface area contributed by atoms with Crippen LogP contribution in [0.4, 0.5) is 5.69 Å². The van der Waals surface area contributed by atoms with Crippen LogP contribution in [0, 0.1) is 0 Å². The largest absolute Gasteiger partial charge is 0.488 e. The zero-order valence-electron chi connectivity index (χ0n) is 16.5. The fourth-order valence-electron chi connectivity index (χ4n) is 2.97. The highest BCUT2D eigenvalue weighted by atomic mass is 79.9. The highest BCUT2D eigenvalue weighted by molar-refractivity contribution is 9.10. The summed E-state index contributed by atoms with van der Waals surface area (Å²) >= 11 is 9.38. The summed E-state index contributed by atoms with van der Waals surface area (Å²) in [6.07, 6.45) is 3.43. The molecule has 4 aromatic rings. The van der Waals surface area contributed by atoms with Gasteiger partial charge < -0.3 is 10.1 Å². The van der Waals surface area contributed by atoms with Crippen LogP contribution in [-0.2, 0) is 13.2 Å². The van der Waals surface area contributed by atoms with Gasteiger partial charge in [0.25, 0.3) is 5.91 Å². The number of hydrogen-bond donors (Lipinski definition) is 1. The number of amides is 1. The van der Waals surface area contributed by atoms with Gasteiger partial charge in [-0.2, -0.15) is 5.10 Å². The SMILES string of the molecule is O=C(Nc1cnn(Cc2ccc(Cl)cc2)c1)c1ccc(COc2ccccc2Br)cc1. The second-order valence-corrected chi connectivity index (χ2v) is 8.21. The van der Waals surface area contributed by atoms with Gasteiger partial charge >= 0.3 is 0 Å². The molecular formula is C24H19BrClN3O2. The third-order valence-corrected chi connectivity index (χ3v) is 5.50. The Bertz CT molecular complexity index is 1170. The van der Waals surface area contributed by atoms with Gasteiger partial charge in [-0.15, -0.1) is 0 Å². The van der Waals surface area contributed by atoms with Gasteiger partial charge in [0.1, 0.15) is 12.4 Å². The first-order valence-corrected chi connectivity index (χ1v) is 10.8. The van der Waals surface area contributed by atoms with E-state index in [1.54, 1.807) is 29.2 Å². The third kappa shape index (κ3) is 5.75. The number of halogens is 2. The summed E-state index contributed by atoms with van der Waals surface area (Å²) in [7, 11) is 0. The standard InChI is InChI=1S/C24H19BrClN3O2/c25-22-3-1-2-4-23(22)31-16-18-5-9-19(10-6-18)24(30)28-21-13-27-29(15-21)14-17-7-11-20(26)12-8-17/h1-13,15H,14,16H2,(H,28,30). The van der Waals surface area contributed by atoms with Crippen molar-refractivity contribution in [2.24, 2.45) is 0 Å². The van der Waals surface area contributed by atoms with Crippen LogP contribution in [0.5, 0.6) is 5.75 Å². The number of para-hydroxylation sites is 1. The molecule has 0 spiro atoms. The number of benzene rings is 3. The van der Waals surface area contributed by atoms with Crippen molar-refractivity contribution in [3.8, 4) is 5.75 Å². The number of nitrogens with zero attached hydrogens (tertiary/aromatic N) is 2. The second kappa shape index (κ2) is 9.81. The van der Waals surface area contributed by atoms with Crippen LogP contribution in [0.15, 0.2) is 89.7 Å². The van der Waals surface area contributed by atoms with Crippen molar-refractivity contribution < 1.29 is 9.53 Å². The minimum atomic E-state index is -0.190. The maximum absolute atomic E-state index is 12.6. The average Bonchev–Trinajstić information content (AvgIpc) is 3.22. The van der Waals surface area contributed by atoms with Crippen molar-refractivity contribution in [3.63, 3.8) is 0 Å². The molecule has 0 bridgehead atoms. The minimum absolute atomic E-state index is 0.190. The monoisotopic (exact) mass is 495 g/mol. The third-order valence-electron chi connectivity index (χ3n) is 4.60. The van der Waals surface area contributed by atoms with Gasteiger partial charge in [-0.25, -0.2) is 0 Å². The van der Waals surface area contributed by atoms with Gasteiger partial charge in [-0.1, -0.05) is 48.0 Å². The Morgan fingerprint density at radius 3 is 2.45 bits per heavy atom. The molecule has 1 N–H and O–H groups in total. The second-order valence-electron chi connectivity index (χ2n) is 6.92. The average molecular weight is 497 g/mol. The lowest BCUT2D eigenvalue weighted by molar-refractivity contribution is 0.102. The van der Waals surface area contributed by atoms with Crippen LogP contribution in [-0.4, -0.2) is 15.7 Å². The first-order valence-electron chi connectivity index (χ1n) is 9.61. The highest BCUT2D eigenvalue weighted by Crippen LogP contribution is 2.24. The molecule has 0 fully saturated rings. The number of aromatic nitrogens is 2. The number of carbonyl (C=O) groups is 1. The number of hydrogen-bond acceptors (Lipinski definition) is 3. The fraction of sp³-hybridized carbons (Fsp3) is 0.0833. The number of ether oxygens (including phenoxy) is 1. The molecule has 31 heavy (non-hydrogen) atoms. The van der Waals surface area contributed by atoms with Gasteiger partial charge in [0.05, 0.1) is 22.9 Å². The van der Waals surface area contributed by atoms with Crippen LogP contribution < -0.4 is 10.1 Å². The molecule has 0 aliphatic carbocycles. The lowest BCUT2D eigenvalue weighted by Crippen LogP contribution is -2.11. The van der Waals surface area contributed by atoms with Crippen molar-refractivity contribution >= 4 is 39.1 Å². The van der Waals surface area contributed by atoms with E-state index in [1.807, 2.05) is 60.7 Å². The maximum atomic E-state index is 12.6. The molecule has 0 saturated carbocycles. The van der Waals surface area contributed by atoms with Crippen molar-refractivity contribution in [1.29, 1.82) is 0 Å². The van der Waals surface area contributed by atoms with Crippen LogP contribution in [0.25, 0.3) is 0 Å². The van der Waals surface area contributed by atoms with E-state index in [0.29, 0.717) is 29.4 Å². The Morgan fingerprint density at radius 1 is 1.00 bits per heavy atom. The van der Waals surface area contributed by atoms with Gasteiger partial charge in [-0.05, 0) is 63.5 Å². The summed E-state index contributed by atoms with van der Waals surface area (Å²) in [4.78, 5) is 12.6. The molecule has 156 valence electrons. The van der Waals surface area contributed by atoms with E-state index in [1.165, 1.54) is 0 Å². The summed E-state index contributed by atoms with van der Waals surface area (Å²) in [6, 6.07) is 22.6. The van der Waals surface area contributed by atoms with Crippen LogP contribution in [0.3, 0.4) is 0 Å². The molecule has 3 aromatic carbocycles. The molecule has 7 heteroatoms. The van der Waals surface area contributed by atoms with Crippen LogP contribution >= 0.6 is 27.5 Å². The lowest BCUT2D eigenvalue weighted by atomic mass is 10.1. The first-order chi connectivity index (χ1) is 15.1. The van der Waals surface area contributed by atoms with Gasteiger partial charge in [0, 0.05) is 16.8 Å². The summed E-state index contributed by atoms with van der Waals surface area (Å²) in [5, 5.41) is 7.88. The number of carbonyl (C=O) groups excluding carboxylic acids is 1. The van der Waals surface area contributed by atoms with E-state index in [-0.39, 0.29) is 5.91 Å².